The molecule has 0 aliphatic carbocycles. The van der Waals surface area contributed by atoms with Crippen LogP contribution in [0.4, 0.5) is 0 Å². The Hall–Kier alpha value is -0.800. The zero-order valence-electron chi connectivity index (χ0n) is 8.40. The number of rotatable bonds is 6. The normalized spacial score (nSPS) is 12.4. The van der Waals surface area contributed by atoms with Crippen LogP contribution in [-0.2, 0) is 22.4 Å². The van der Waals surface area contributed by atoms with E-state index >= 15 is 0 Å². The molecule has 0 saturated carbocycles. The first-order valence-corrected chi connectivity index (χ1v) is 5.73. The van der Waals surface area contributed by atoms with E-state index in [0.717, 1.165) is 19.4 Å². The van der Waals surface area contributed by atoms with Gasteiger partial charge in [-0.05, 0) is 12.0 Å². The largest absolute Gasteiger partial charge is 0.479 e. The molecule has 0 spiro atoms. The summed E-state index contributed by atoms with van der Waals surface area (Å²) in [4.78, 5) is 0. The molecule has 0 aliphatic rings. The van der Waals surface area contributed by atoms with Crippen molar-refractivity contribution in [2.75, 3.05) is 0 Å². The van der Waals surface area contributed by atoms with E-state index in [1.54, 1.807) is 0 Å². The lowest BCUT2D eigenvalue weighted by Crippen LogP contribution is -2.27. The predicted octanol–water partition coefficient (Wildman–Crippen LogP) is 2.33. The average molecular weight is 210 g/mol. The van der Waals surface area contributed by atoms with Crippen LogP contribution in [0, 0.1) is 0 Å². The molecule has 76 valence electrons. The smallest absolute Gasteiger partial charge is 0.256 e. The molecule has 2 nitrogen and oxygen atoms in total. The third-order valence-electron chi connectivity index (χ3n) is 2.04. The van der Waals surface area contributed by atoms with Gasteiger partial charge < -0.3 is 0 Å². The zero-order valence-corrected chi connectivity index (χ0v) is 9.22. The Morgan fingerprint density at radius 1 is 1.36 bits per heavy atom. The highest BCUT2D eigenvalue weighted by molar-refractivity contribution is 7.66. The lowest BCUT2D eigenvalue weighted by Gasteiger charge is -2.02. The molecule has 1 atom stereocenters. The summed E-state index contributed by atoms with van der Waals surface area (Å²) in [5, 5.41) is 3.28. The summed E-state index contributed by atoms with van der Waals surface area (Å²) < 4.78 is 10.7. The van der Waals surface area contributed by atoms with Crippen LogP contribution in [0.25, 0.3) is 0 Å². The fourth-order valence-corrected chi connectivity index (χ4v) is 1.76. The second-order valence-corrected chi connectivity index (χ2v) is 4.00. The van der Waals surface area contributed by atoms with Gasteiger partial charge in [0.2, 0.25) is 0 Å². The summed E-state index contributed by atoms with van der Waals surface area (Å²) >= 11 is 0.653. The van der Waals surface area contributed by atoms with Gasteiger partial charge in [-0.3, -0.25) is 5.32 Å². The van der Waals surface area contributed by atoms with E-state index in [0.29, 0.717) is 11.7 Å². The van der Waals surface area contributed by atoms with E-state index in [2.05, 4.69) is 24.4 Å². The second-order valence-electron chi connectivity index (χ2n) is 3.24. The maximum atomic E-state index is 10.7. The van der Waals surface area contributed by atoms with Crippen LogP contribution in [0.15, 0.2) is 30.3 Å². The molecule has 0 fully saturated rings. The molecule has 1 aromatic rings. The molecule has 1 aromatic carbocycles. The van der Waals surface area contributed by atoms with Crippen molar-refractivity contribution in [3.05, 3.63) is 35.9 Å². The van der Waals surface area contributed by atoms with Crippen molar-refractivity contribution in [1.82, 2.24) is 5.32 Å². The van der Waals surface area contributed by atoms with E-state index in [1.807, 2.05) is 18.2 Å². The van der Waals surface area contributed by atoms with Crippen LogP contribution < -0.4 is 5.32 Å². The first-order chi connectivity index (χ1) is 6.86. The van der Waals surface area contributed by atoms with Crippen molar-refractivity contribution >= 4 is 11.7 Å². The fourth-order valence-electron chi connectivity index (χ4n) is 1.27. The molecule has 0 bridgehead atoms. The summed E-state index contributed by atoms with van der Waals surface area (Å²) in [6, 6.07) is 10.1. The molecule has 1 N–H and O–H groups in total. The summed E-state index contributed by atoms with van der Waals surface area (Å²) in [5.41, 5.74) is 1.22. The lowest BCUT2D eigenvalue weighted by atomic mass is 10.2. The van der Waals surface area contributed by atoms with Crippen LogP contribution in [0.2, 0.25) is 0 Å². The monoisotopic (exact) mass is 210 g/mol. The van der Waals surface area contributed by atoms with Gasteiger partial charge in [-0.2, -0.15) is 0 Å². The highest BCUT2D eigenvalue weighted by Crippen LogP contribution is 2.00. The molecule has 0 radical (unpaired) electrons. The maximum absolute atomic E-state index is 10.7. The molecule has 1 rings (SSSR count). The minimum absolute atomic E-state index is 0.0419. The number of nitrogens with one attached hydrogen (secondary N) is 1. The van der Waals surface area contributed by atoms with Crippen molar-refractivity contribution in [2.24, 2.45) is 0 Å². The van der Waals surface area contributed by atoms with E-state index in [4.69, 9.17) is 0 Å². The third-order valence-corrected chi connectivity index (χ3v) is 2.68. The quantitative estimate of drug-likeness (QED) is 0.577. The summed E-state index contributed by atoms with van der Waals surface area (Å²) in [6.45, 7) is 2.87. The minimum atomic E-state index is 0.0419. The lowest BCUT2D eigenvalue weighted by molar-refractivity contribution is 0.556. The van der Waals surface area contributed by atoms with Crippen LogP contribution in [0.3, 0.4) is 0 Å². The third kappa shape index (κ3) is 3.94. The van der Waals surface area contributed by atoms with E-state index < -0.39 is 0 Å². The van der Waals surface area contributed by atoms with Crippen molar-refractivity contribution in [1.29, 1.82) is 0 Å². The standard InChI is InChI=1S/C11H16NOS/c1-2-6-11(14-13)12-9-10-7-4-3-5-8-10/h3-5,7-8,11-12H,2,6,9H2,1H3/q+1. The second kappa shape index (κ2) is 6.62. The molecule has 0 amide bonds. The molecule has 0 aliphatic heterocycles. The van der Waals surface area contributed by atoms with Crippen LogP contribution in [0.5, 0.6) is 0 Å². The van der Waals surface area contributed by atoms with Crippen LogP contribution in [-0.4, -0.2) is 5.37 Å². The zero-order chi connectivity index (χ0) is 10.2. The van der Waals surface area contributed by atoms with E-state index in [9.17, 15) is 4.21 Å². The van der Waals surface area contributed by atoms with Gasteiger partial charge in [-0.1, -0.05) is 37.3 Å². The minimum Gasteiger partial charge on any atom is -0.256 e. The first kappa shape index (κ1) is 11.3. The molecule has 3 heteroatoms. The molecule has 14 heavy (non-hydrogen) atoms. The van der Waals surface area contributed by atoms with Crippen molar-refractivity contribution in [3.63, 3.8) is 0 Å². The Morgan fingerprint density at radius 3 is 2.64 bits per heavy atom. The Bertz CT molecular complexity index is 263. The highest BCUT2D eigenvalue weighted by Gasteiger charge is 2.18. The van der Waals surface area contributed by atoms with Gasteiger partial charge in [0.1, 0.15) is 0 Å². The van der Waals surface area contributed by atoms with E-state index in [1.165, 1.54) is 5.56 Å². The molecular formula is C11H16NOS+. The van der Waals surface area contributed by atoms with Gasteiger partial charge in [-0.15, -0.1) is 0 Å². The van der Waals surface area contributed by atoms with Crippen molar-refractivity contribution in [3.8, 4) is 0 Å². The summed E-state index contributed by atoms with van der Waals surface area (Å²) in [6.07, 6.45) is 1.97. The van der Waals surface area contributed by atoms with Gasteiger partial charge >= 0.3 is 11.7 Å². The Labute approximate surface area is 89.2 Å². The van der Waals surface area contributed by atoms with Gasteiger partial charge in [0.25, 0.3) is 5.37 Å². The maximum Gasteiger partial charge on any atom is 0.479 e. The van der Waals surface area contributed by atoms with Gasteiger partial charge in [-0.25, -0.2) is 0 Å². The Balaban J connectivity index is 2.35. The molecule has 0 aromatic heterocycles. The van der Waals surface area contributed by atoms with Crippen molar-refractivity contribution in [2.45, 2.75) is 31.7 Å². The van der Waals surface area contributed by atoms with E-state index in [-0.39, 0.29) is 5.37 Å². The number of hydrogen-bond acceptors (Lipinski definition) is 2. The Kier molecular flexibility index (Phi) is 5.33. The van der Waals surface area contributed by atoms with Crippen LogP contribution in [0.1, 0.15) is 25.3 Å². The first-order valence-electron chi connectivity index (χ1n) is 4.92. The average Bonchev–Trinajstić information content (AvgIpc) is 2.25. The number of hydrogen-bond donors (Lipinski definition) is 1. The topological polar surface area (TPSA) is 29.1 Å². The number of benzene rings is 1. The highest BCUT2D eigenvalue weighted by atomic mass is 32.1. The molecule has 0 saturated heterocycles. The Morgan fingerprint density at radius 2 is 2.07 bits per heavy atom. The van der Waals surface area contributed by atoms with Gasteiger partial charge in [0.05, 0.1) is 0 Å². The van der Waals surface area contributed by atoms with Gasteiger partial charge in [0, 0.05) is 17.2 Å². The van der Waals surface area contributed by atoms with Crippen molar-refractivity contribution < 1.29 is 4.21 Å². The fraction of sp³-hybridized carbons (Fsp3) is 0.455. The predicted molar refractivity (Wildman–Crippen MR) is 60.0 cm³/mol. The molecule has 0 heterocycles. The van der Waals surface area contributed by atoms with Gasteiger partial charge in [0.15, 0.2) is 0 Å². The molecular weight excluding hydrogens is 194 g/mol. The SMILES string of the molecule is CCCC(NCc1ccccc1)[S+]=O. The summed E-state index contributed by atoms with van der Waals surface area (Å²) in [5.74, 6) is 0. The summed E-state index contributed by atoms with van der Waals surface area (Å²) in [7, 11) is 0. The molecule has 1 unspecified atom stereocenters. The van der Waals surface area contributed by atoms with Crippen LogP contribution >= 0.6 is 0 Å².